The van der Waals surface area contributed by atoms with Crippen molar-refractivity contribution in [1.82, 2.24) is 5.32 Å². The molecule has 0 aliphatic carbocycles. The van der Waals surface area contributed by atoms with E-state index >= 15 is 0 Å². The number of carbonyl (C=O) groups excluding carboxylic acids is 1. The standard InChI is InChI=1S/C12H13FN2O5S/c1-7(16)14-9(12(17)18)6-21-5-8-3-2-4-10(11(8)13)15(19)20/h2-4,9H,5-6H2,1H3,(H,14,16)(H,17,18). The van der Waals surface area contributed by atoms with Crippen molar-refractivity contribution in [2.24, 2.45) is 0 Å². The number of nitro benzene ring substituents is 1. The van der Waals surface area contributed by atoms with E-state index in [-0.39, 0.29) is 17.1 Å². The molecule has 1 aromatic rings. The molecule has 0 aliphatic heterocycles. The Morgan fingerprint density at radius 2 is 2.19 bits per heavy atom. The molecule has 0 radical (unpaired) electrons. The Kier molecular flexibility index (Phi) is 6.10. The van der Waals surface area contributed by atoms with Gasteiger partial charge in [0.25, 0.3) is 0 Å². The summed E-state index contributed by atoms with van der Waals surface area (Å²) in [4.78, 5) is 31.5. The second-order valence-electron chi connectivity index (χ2n) is 4.11. The number of carboxylic acid groups (broad SMARTS) is 1. The van der Waals surface area contributed by atoms with Crippen LogP contribution in [0, 0.1) is 15.9 Å². The second-order valence-corrected chi connectivity index (χ2v) is 5.14. The molecular formula is C12H13FN2O5S. The van der Waals surface area contributed by atoms with Gasteiger partial charge >= 0.3 is 11.7 Å². The predicted molar refractivity (Wildman–Crippen MR) is 74.5 cm³/mol. The van der Waals surface area contributed by atoms with E-state index in [4.69, 9.17) is 5.11 Å². The molecule has 0 aromatic heterocycles. The van der Waals surface area contributed by atoms with Crippen LogP contribution in [0.2, 0.25) is 0 Å². The number of benzene rings is 1. The summed E-state index contributed by atoms with van der Waals surface area (Å²) in [5, 5.41) is 21.7. The van der Waals surface area contributed by atoms with Crippen LogP contribution in [-0.4, -0.2) is 33.7 Å². The maximum absolute atomic E-state index is 13.8. The first-order valence-electron chi connectivity index (χ1n) is 5.82. The van der Waals surface area contributed by atoms with Crippen LogP contribution in [0.1, 0.15) is 12.5 Å². The molecule has 2 N–H and O–H groups in total. The van der Waals surface area contributed by atoms with Gasteiger partial charge in [0.05, 0.1) is 4.92 Å². The number of aliphatic carboxylic acids is 1. The van der Waals surface area contributed by atoms with Crippen molar-refractivity contribution in [3.8, 4) is 0 Å². The number of nitrogens with one attached hydrogen (secondary N) is 1. The Balaban J connectivity index is 2.67. The van der Waals surface area contributed by atoms with E-state index < -0.39 is 34.3 Å². The number of carboxylic acids is 1. The molecule has 0 heterocycles. The zero-order valence-corrected chi connectivity index (χ0v) is 11.9. The molecule has 114 valence electrons. The van der Waals surface area contributed by atoms with Crippen LogP contribution in [-0.2, 0) is 15.3 Å². The zero-order valence-electron chi connectivity index (χ0n) is 11.0. The summed E-state index contributed by atoms with van der Waals surface area (Å²) >= 11 is 1.06. The molecule has 0 fully saturated rings. The molecule has 9 heteroatoms. The monoisotopic (exact) mass is 316 g/mol. The van der Waals surface area contributed by atoms with Crippen LogP contribution in [0.15, 0.2) is 18.2 Å². The molecular weight excluding hydrogens is 303 g/mol. The SMILES string of the molecule is CC(=O)NC(CSCc1cccc([N+](=O)[O-])c1F)C(=O)O. The number of carbonyl (C=O) groups is 2. The van der Waals surface area contributed by atoms with Crippen LogP contribution < -0.4 is 5.32 Å². The van der Waals surface area contributed by atoms with E-state index in [0.29, 0.717) is 0 Å². The minimum Gasteiger partial charge on any atom is -0.480 e. The highest BCUT2D eigenvalue weighted by molar-refractivity contribution is 7.98. The Labute approximate surface area is 123 Å². The van der Waals surface area contributed by atoms with E-state index in [1.807, 2.05) is 0 Å². The first-order chi connectivity index (χ1) is 9.82. The predicted octanol–water partition coefficient (Wildman–Crippen LogP) is 1.56. The summed E-state index contributed by atoms with van der Waals surface area (Å²) in [6.45, 7) is 1.20. The number of hydrogen-bond acceptors (Lipinski definition) is 5. The number of amides is 1. The first-order valence-corrected chi connectivity index (χ1v) is 6.97. The summed E-state index contributed by atoms with van der Waals surface area (Å²) in [7, 11) is 0. The number of nitrogens with zero attached hydrogens (tertiary/aromatic N) is 1. The highest BCUT2D eigenvalue weighted by Gasteiger charge is 2.20. The molecule has 1 aromatic carbocycles. The van der Waals surface area contributed by atoms with Crippen molar-refractivity contribution in [1.29, 1.82) is 0 Å². The average Bonchev–Trinajstić information content (AvgIpc) is 2.38. The molecule has 0 bridgehead atoms. The summed E-state index contributed by atoms with van der Waals surface area (Å²) in [6, 6.07) is 2.72. The molecule has 1 rings (SSSR count). The highest BCUT2D eigenvalue weighted by Crippen LogP contribution is 2.23. The van der Waals surface area contributed by atoms with Crippen molar-refractivity contribution < 1.29 is 24.0 Å². The van der Waals surface area contributed by atoms with Gasteiger partial charge in [0.2, 0.25) is 11.7 Å². The van der Waals surface area contributed by atoms with E-state index in [1.54, 1.807) is 0 Å². The Hall–Kier alpha value is -2.16. The fraction of sp³-hybridized carbons (Fsp3) is 0.333. The summed E-state index contributed by atoms with van der Waals surface area (Å²) in [5.74, 6) is -2.52. The van der Waals surface area contributed by atoms with Crippen LogP contribution in [0.25, 0.3) is 0 Å². The second kappa shape index (κ2) is 7.58. The van der Waals surface area contributed by atoms with Gasteiger partial charge in [0, 0.05) is 30.1 Å². The maximum atomic E-state index is 13.8. The van der Waals surface area contributed by atoms with Crippen LogP contribution in [0.4, 0.5) is 10.1 Å². The van der Waals surface area contributed by atoms with Crippen molar-refractivity contribution in [3.63, 3.8) is 0 Å². The Morgan fingerprint density at radius 1 is 1.52 bits per heavy atom. The third-order valence-corrected chi connectivity index (χ3v) is 3.56. The third-order valence-electron chi connectivity index (χ3n) is 2.47. The third kappa shape index (κ3) is 5.03. The summed E-state index contributed by atoms with van der Waals surface area (Å²) in [5.41, 5.74) is -0.508. The minimum absolute atomic E-state index is 0.0248. The van der Waals surface area contributed by atoms with Gasteiger partial charge in [-0.15, -0.1) is 0 Å². The van der Waals surface area contributed by atoms with E-state index in [9.17, 15) is 24.1 Å². The first kappa shape index (κ1) is 16.9. The highest BCUT2D eigenvalue weighted by atomic mass is 32.2. The topological polar surface area (TPSA) is 110 Å². The number of halogens is 1. The van der Waals surface area contributed by atoms with E-state index in [0.717, 1.165) is 17.8 Å². The molecule has 0 aliphatic rings. The number of rotatable bonds is 7. The quantitative estimate of drug-likeness (QED) is 0.583. The molecule has 21 heavy (non-hydrogen) atoms. The van der Waals surface area contributed by atoms with Gasteiger partial charge in [-0.1, -0.05) is 12.1 Å². The smallest absolute Gasteiger partial charge is 0.327 e. The molecule has 7 nitrogen and oxygen atoms in total. The molecule has 0 saturated carbocycles. The fourth-order valence-corrected chi connectivity index (χ4v) is 2.55. The number of thioether (sulfide) groups is 1. The Bertz CT molecular complexity index is 567. The lowest BCUT2D eigenvalue weighted by molar-refractivity contribution is -0.387. The van der Waals surface area contributed by atoms with Crippen molar-refractivity contribution in [2.75, 3.05) is 5.75 Å². The minimum atomic E-state index is -1.20. The van der Waals surface area contributed by atoms with Crippen molar-refractivity contribution >= 4 is 29.3 Å². The van der Waals surface area contributed by atoms with Crippen molar-refractivity contribution in [3.05, 3.63) is 39.7 Å². The average molecular weight is 316 g/mol. The van der Waals surface area contributed by atoms with Gasteiger partial charge in [-0.05, 0) is 0 Å². The summed E-state index contributed by atoms with van der Waals surface area (Å²) in [6.07, 6.45) is 0. The van der Waals surface area contributed by atoms with Gasteiger partial charge < -0.3 is 10.4 Å². The number of nitro groups is 1. The van der Waals surface area contributed by atoms with E-state index in [1.165, 1.54) is 19.1 Å². The van der Waals surface area contributed by atoms with Gasteiger partial charge in [-0.25, -0.2) is 4.79 Å². The molecule has 1 atom stereocenters. The van der Waals surface area contributed by atoms with Crippen LogP contribution in [0.3, 0.4) is 0 Å². The maximum Gasteiger partial charge on any atom is 0.327 e. The zero-order chi connectivity index (χ0) is 16.0. The fourth-order valence-electron chi connectivity index (χ4n) is 1.53. The van der Waals surface area contributed by atoms with Crippen LogP contribution in [0.5, 0.6) is 0 Å². The lowest BCUT2D eigenvalue weighted by atomic mass is 10.2. The van der Waals surface area contributed by atoms with Gasteiger partial charge in [0.15, 0.2) is 0 Å². The van der Waals surface area contributed by atoms with E-state index in [2.05, 4.69) is 5.32 Å². The lowest BCUT2D eigenvalue weighted by Crippen LogP contribution is -2.41. The van der Waals surface area contributed by atoms with Gasteiger partial charge in [-0.3, -0.25) is 14.9 Å². The molecule has 1 amide bonds. The van der Waals surface area contributed by atoms with Gasteiger partial charge in [-0.2, -0.15) is 16.2 Å². The summed E-state index contributed by atoms with van der Waals surface area (Å²) < 4.78 is 13.8. The number of hydrogen-bond donors (Lipinski definition) is 2. The lowest BCUT2D eigenvalue weighted by Gasteiger charge is -2.12. The molecule has 0 saturated heterocycles. The largest absolute Gasteiger partial charge is 0.480 e. The normalized spacial score (nSPS) is 11.7. The molecule has 1 unspecified atom stereocenters. The van der Waals surface area contributed by atoms with Crippen molar-refractivity contribution in [2.45, 2.75) is 18.7 Å². The van der Waals surface area contributed by atoms with Gasteiger partial charge in [0.1, 0.15) is 6.04 Å². The molecule has 0 spiro atoms. The Morgan fingerprint density at radius 3 is 2.71 bits per heavy atom. The van der Waals surface area contributed by atoms with Crippen LogP contribution >= 0.6 is 11.8 Å².